The van der Waals surface area contributed by atoms with Crippen LogP contribution in [0.2, 0.25) is 0 Å². The van der Waals surface area contributed by atoms with E-state index in [9.17, 15) is 0 Å². The van der Waals surface area contributed by atoms with Crippen LogP contribution in [0.4, 0.5) is 17.6 Å². The Balaban J connectivity index is 2.04. The van der Waals surface area contributed by atoms with Gasteiger partial charge < -0.3 is 16.6 Å². The van der Waals surface area contributed by atoms with Crippen LogP contribution in [0.15, 0.2) is 35.4 Å². The number of phenolic OH excluding ortho intramolecular Hbond substituents is 1. The Morgan fingerprint density at radius 2 is 1.72 bits per heavy atom. The minimum atomic E-state index is 0.201. The summed E-state index contributed by atoms with van der Waals surface area (Å²) >= 11 is 0. The molecule has 0 spiro atoms. The second-order valence-corrected chi connectivity index (χ2v) is 3.50. The third kappa shape index (κ3) is 3.08. The molecule has 92 valence electrons. The smallest absolute Gasteiger partial charge is 0.247 e. The van der Waals surface area contributed by atoms with Crippen molar-refractivity contribution in [2.45, 2.75) is 0 Å². The topological polar surface area (TPSA) is 122 Å². The van der Waals surface area contributed by atoms with Crippen molar-refractivity contribution in [1.82, 2.24) is 9.97 Å². The van der Waals surface area contributed by atoms with Gasteiger partial charge in [-0.3, -0.25) is 0 Å². The third-order valence-electron chi connectivity index (χ3n) is 2.04. The molecule has 0 fully saturated rings. The zero-order chi connectivity index (χ0) is 13.0. The molecule has 2 aromatic rings. The lowest BCUT2D eigenvalue weighted by atomic mass is 10.2. The van der Waals surface area contributed by atoms with Crippen LogP contribution in [0, 0.1) is 0 Å². The summed E-state index contributed by atoms with van der Waals surface area (Å²) in [5, 5.41) is 13.0. The van der Waals surface area contributed by atoms with E-state index in [4.69, 9.17) is 16.6 Å². The summed E-state index contributed by atoms with van der Waals surface area (Å²) in [6.07, 6.45) is 1.56. The third-order valence-corrected chi connectivity index (χ3v) is 2.04. The Morgan fingerprint density at radius 1 is 1.11 bits per heavy atom. The van der Waals surface area contributed by atoms with Crippen LogP contribution in [0.5, 0.6) is 5.75 Å². The van der Waals surface area contributed by atoms with E-state index in [2.05, 4.69) is 20.5 Å². The number of anilines is 3. The van der Waals surface area contributed by atoms with Gasteiger partial charge in [0.2, 0.25) is 5.95 Å². The van der Waals surface area contributed by atoms with Crippen molar-refractivity contribution in [2.24, 2.45) is 5.10 Å². The molecule has 7 nitrogen and oxygen atoms in total. The zero-order valence-electron chi connectivity index (χ0n) is 9.41. The van der Waals surface area contributed by atoms with Gasteiger partial charge in [0.05, 0.1) is 6.21 Å². The normalized spacial score (nSPS) is 10.7. The first-order valence-electron chi connectivity index (χ1n) is 5.11. The Kier molecular flexibility index (Phi) is 3.24. The second-order valence-electron chi connectivity index (χ2n) is 3.50. The van der Waals surface area contributed by atoms with Crippen LogP contribution in [0.3, 0.4) is 0 Å². The maximum absolute atomic E-state index is 9.11. The first kappa shape index (κ1) is 11.6. The lowest BCUT2D eigenvalue weighted by Gasteiger charge is -2.01. The molecule has 0 atom stereocenters. The van der Waals surface area contributed by atoms with Gasteiger partial charge in [-0.1, -0.05) is 0 Å². The first-order chi connectivity index (χ1) is 8.63. The highest BCUT2D eigenvalue weighted by molar-refractivity contribution is 5.80. The number of hydrazone groups is 1. The first-order valence-corrected chi connectivity index (χ1v) is 5.11. The van der Waals surface area contributed by atoms with Crippen LogP contribution >= 0.6 is 0 Å². The number of rotatable bonds is 3. The fraction of sp³-hybridized carbons (Fsp3) is 0. The van der Waals surface area contributed by atoms with Crippen LogP contribution in [0.25, 0.3) is 0 Å². The highest BCUT2D eigenvalue weighted by Crippen LogP contribution is 2.09. The Morgan fingerprint density at radius 3 is 2.33 bits per heavy atom. The van der Waals surface area contributed by atoms with Gasteiger partial charge >= 0.3 is 0 Å². The summed E-state index contributed by atoms with van der Waals surface area (Å²) < 4.78 is 0. The summed E-state index contributed by atoms with van der Waals surface area (Å²) in [7, 11) is 0. The van der Waals surface area contributed by atoms with Gasteiger partial charge in [-0.25, -0.2) is 5.43 Å². The average molecular weight is 244 g/mol. The summed E-state index contributed by atoms with van der Waals surface area (Å²) in [5.41, 5.74) is 14.4. The van der Waals surface area contributed by atoms with E-state index in [0.29, 0.717) is 0 Å². The fourth-order valence-corrected chi connectivity index (χ4v) is 1.26. The number of hydrogen-bond acceptors (Lipinski definition) is 7. The van der Waals surface area contributed by atoms with Crippen molar-refractivity contribution in [3.63, 3.8) is 0 Å². The molecule has 7 heteroatoms. The van der Waals surface area contributed by atoms with Gasteiger partial charge in [-0.05, 0) is 29.8 Å². The molecule has 1 aromatic carbocycles. The van der Waals surface area contributed by atoms with Crippen LogP contribution < -0.4 is 16.9 Å². The minimum Gasteiger partial charge on any atom is -0.508 e. The molecule has 1 heterocycles. The van der Waals surface area contributed by atoms with Crippen molar-refractivity contribution in [2.75, 3.05) is 16.9 Å². The molecule has 6 N–H and O–H groups in total. The van der Waals surface area contributed by atoms with Crippen molar-refractivity contribution in [3.8, 4) is 5.75 Å². The second kappa shape index (κ2) is 5.00. The summed E-state index contributed by atoms with van der Waals surface area (Å²) in [6.45, 7) is 0. The molecule has 0 aliphatic rings. The monoisotopic (exact) mass is 244 g/mol. The molecule has 18 heavy (non-hydrogen) atoms. The molecule has 0 saturated carbocycles. The zero-order valence-corrected chi connectivity index (χ0v) is 9.41. The molecule has 0 aliphatic carbocycles. The van der Waals surface area contributed by atoms with Crippen LogP contribution in [-0.2, 0) is 0 Å². The predicted octanol–water partition coefficient (Wildman–Crippen LogP) is 0.793. The van der Waals surface area contributed by atoms with E-state index in [-0.39, 0.29) is 23.3 Å². The number of phenols is 1. The van der Waals surface area contributed by atoms with E-state index in [1.807, 2.05) is 0 Å². The Hall–Kier alpha value is -2.83. The standard InChI is InChI=1S/C11H12N6O/c12-9-5-10(13)16-11(15-9)17-14-6-7-1-3-8(18)4-2-7/h1-6,18H,(H5,12,13,15,16,17). The number of aromatic nitrogens is 2. The van der Waals surface area contributed by atoms with E-state index < -0.39 is 0 Å². The predicted molar refractivity (Wildman–Crippen MR) is 70.2 cm³/mol. The number of nitrogen functional groups attached to an aromatic ring is 2. The van der Waals surface area contributed by atoms with Crippen LogP contribution in [0.1, 0.15) is 5.56 Å². The average Bonchev–Trinajstić information content (AvgIpc) is 2.30. The number of benzene rings is 1. The summed E-state index contributed by atoms with van der Waals surface area (Å²) in [4.78, 5) is 7.80. The minimum absolute atomic E-state index is 0.201. The molecule has 0 amide bonds. The fourth-order valence-electron chi connectivity index (χ4n) is 1.26. The van der Waals surface area contributed by atoms with Gasteiger partial charge in [0.15, 0.2) is 0 Å². The molecule has 0 bridgehead atoms. The number of nitrogens with one attached hydrogen (secondary N) is 1. The largest absolute Gasteiger partial charge is 0.508 e. The number of nitrogens with zero attached hydrogens (tertiary/aromatic N) is 3. The van der Waals surface area contributed by atoms with Gasteiger partial charge in [0.1, 0.15) is 17.4 Å². The van der Waals surface area contributed by atoms with Gasteiger partial charge in [0, 0.05) is 6.07 Å². The number of nitrogens with two attached hydrogens (primary N) is 2. The van der Waals surface area contributed by atoms with Gasteiger partial charge in [-0.15, -0.1) is 0 Å². The number of hydrogen-bond donors (Lipinski definition) is 4. The van der Waals surface area contributed by atoms with Crippen molar-refractivity contribution >= 4 is 23.8 Å². The lowest BCUT2D eigenvalue weighted by molar-refractivity contribution is 0.475. The molecular formula is C11H12N6O. The Labute approximate surface area is 103 Å². The molecule has 0 unspecified atom stereocenters. The summed E-state index contributed by atoms with van der Waals surface area (Å²) in [5.74, 6) is 0.962. The highest BCUT2D eigenvalue weighted by Gasteiger charge is 1.97. The maximum Gasteiger partial charge on any atom is 0.247 e. The van der Waals surface area contributed by atoms with Crippen molar-refractivity contribution < 1.29 is 5.11 Å². The Bertz CT molecular complexity index is 546. The molecule has 1 aromatic heterocycles. The molecule has 0 aliphatic heterocycles. The van der Waals surface area contributed by atoms with E-state index in [1.54, 1.807) is 30.5 Å². The van der Waals surface area contributed by atoms with Crippen molar-refractivity contribution in [3.05, 3.63) is 35.9 Å². The summed E-state index contributed by atoms with van der Waals surface area (Å²) in [6, 6.07) is 8.02. The van der Waals surface area contributed by atoms with E-state index in [0.717, 1.165) is 5.56 Å². The quantitative estimate of drug-likeness (QED) is 0.467. The number of aromatic hydroxyl groups is 1. The van der Waals surface area contributed by atoms with E-state index in [1.165, 1.54) is 6.07 Å². The van der Waals surface area contributed by atoms with Gasteiger partial charge in [0.25, 0.3) is 0 Å². The van der Waals surface area contributed by atoms with E-state index >= 15 is 0 Å². The highest BCUT2D eigenvalue weighted by atomic mass is 16.3. The van der Waals surface area contributed by atoms with Crippen LogP contribution in [-0.4, -0.2) is 21.3 Å². The lowest BCUT2D eigenvalue weighted by Crippen LogP contribution is -2.03. The molecular weight excluding hydrogens is 232 g/mol. The SMILES string of the molecule is Nc1cc(N)nc(NN=Cc2ccc(O)cc2)n1. The molecule has 2 rings (SSSR count). The maximum atomic E-state index is 9.11. The molecule has 0 saturated heterocycles. The molecule has 0 radical (unpaired) electrons. The van der Waals surface area contributed by atoms with Crippen molar-refractivity contribution in [1.29, 1.82) is 0 Å². The van der Waals surface area contributed by atoms with Gasteiger partial charge in [-0.2, -0.15) is 15.1 Å².